The Bertz CT molecular complexity index is 813. The Kier molecular flexibility index (Phi) is 6.11. The number of rotatable bonds is 6. The maximum absolute atomic E-state index is 12.5. The van der Waals surface area contributed by atoms with Crippen LogP contribution in [0.1, 0.15) is 40.1 Å². The molecule has 26 heavy (non-hydrogen) atoms. The van der Waals surface area contributed by atoms with Crippen LogP contribution in [0.5, 0.6) is 0 Å². The summed E-state index contributed by atoms with van der Waals surface area (Å²) in [7, 11) is 0. The van der Waals surface area contributed by atoms with Crippen LogP contribution in [0, 0.1) is 12.8 Å². The van der Waals surface area contributed by atoms with Gasteiger partial charge in [-0.15, -0.1) is 0 Å². The van der Waals surface area contributed by atoms with Gasteiger partial charge in [-0.1, -0.05) is 43.7 Å². The van der Waals surface area contributed by atoms with Gasteiger partial charge in [-0.25, -0.2) is 4.79 Å². The average molecular weight is 354 g/mol. The molecule has 0 aliphatic carbocycles. The molecule has 0 saturated heterocycles. The number of carboxylic acid groups (broad SMARTS) is 1. The fraction of sp³-hybridized carbons (Fsp3) is 0.250. The van der Waals surface area contributed by atoms with Crippen LogP contribution in [0.3, 0.4) is 0 Å². The summed E-state index contributed by atoms with van der Waals surface area (Å²) in [5.74, 6) is -2.27. The molecule has 0 fully saturated rings. The first-order valence-electron chi connectivity index (χ1n) is 8.30. The normalized spacial score (nSPS) is 11.7. The zero-order valence-corrected chi connectivity index (χ0v) is 14.9. The highest BCUT2D eigenvalue weighted by molar-refractivity contribution is 6.09. The smallest absolute Gasteiger partial charge is 0.326 e. The third kappa shape index (κ3) is 4.69. The minimum atomic E-state index is -1.10. The van der Waals surface area contributed by atoms with Crippen molar-refractivity contribution in [3.63, 3.8) is 0 Å². The van der Waals surface area contributed by atoms with Gasteiger partial charge in [0, 0.05) is 5.56 Å². The summed E-state index contributed by atoms with van der Waals surface area (Å²) >= 11 is 0. The molecule has 0 aliphatic rings. The second-order valence-corrected chi connectivity index (χ2v) is 6.40. The molecule has 2 rings (SSSR count). The van der Waals surface area contributed by atoms with E-state index in [-0.39, 0.29) is 17.4 Å². The van der Waals surface area contributed by atoms with Crippen LogP contribution in [-0.2, 0) is 4.79 Å². The topological polar surface area (TPSA) is 95.5 Å². The molecule has 6 nitrogen and oxygen atoms in total. The summed E-state index contributed by atoms with van der Waals surface area (Å²) in [6.45, 7) is 5.35. The Hall–Kier alpha value is -3.15. The quantitative estimate of drug-likeness (QED) is 0.743. The largest absolute Gasteiger partial charge is 0.480 e. The van der Waals surface area contributed by atoms with Gasteiger partial charge in [0.15, 0.2) is 0 Å². The highest BCUT2D eigenvalue weighted by atomic mass is 16.4. The van der Waals surface area contributed by atoms with Gasteiger partial charge in [-0.05, 0) is 37.1 Å². The van der Waals surface area contributed by atoms with Crippen LogP contribution < -0.4 is 10.6 Å². The van der Waals surface area contributed by atoms with Crippen molar-refractivity contribution in [3.05, 3.63) is 65.2 Å². The number of para-hydroxylation sites is 1. The molecule has 0 aromatic heterocycles. The number of benzene rings is 2. The SMILES string of the molecule is Cc1ccc(C(=O)Nc2ccccc2C(=O)N[C@H](C(=O)O)C(C)C)cc1. The van der Waals surface area contributed by atoms with Gasteiger partial charge in [0.2, 0.25) is 0 Å². The van der Waals surface area contributed by atoms with E-state index in [4.69, 9.17) is 0 Å². The van der Waals surface area contributed by atoms with Crippen molar-refractivity contribution in [2.45, 2.75) is 26.8 Å². The predicted molar refractivity (Wildman–Crippen MR) is 99.3 cm³/mol. The molecule has 0 radical (unpaired) electrons. The Morgan fingerprint density at radius 1 is 0.923 bits per heavy atom. The van der Waals surface area contributed by atoms with Gasteiger partial charge in [0.1, 0.15) is 6.04 Å². The number of carboxylic acids is 1. The number of aliphatic carboxylic acids is 1. The molecule has 0 aliphatic heterocycles. The van der Waals surface area contributed by atoms with Gasteiger partial charge in [0.25, 0.3) is 11.8 Å². The molecule has 0 saturated carbocycles. The zero-order chi connectivity index (χ0) is 19.3. The van der Waals surface area contributed by atoms with Crippen molar-refractivity contribution in [2.75, 3.05) is 5.32 Å². The zero-order valence-electron chi connectivity index (χ0n) is 14.9. The van der Waals surface area contributed by atoms with E-state index in [0.29, 0.717) is 11.3 Å². The van der Waals surface area contributed by atoms with Crippen LogP contribution in [0.25, 0.3) is 0 Å². The molecule has 6 heteroatoms. The molecule has 3 N–H and O–H groups in total. The monoisotopic (exact) mass is 354 g/mol. The predicted octanol–water partition coefficient (Wildman–Crippen LogP) is 3.09. The Balaban J connectivity index is 2.21. The van der Waals surface area contributed by atoms with E-state index in [9.17, 15) is 19.5 Å². The van der Waals surface area contributed by atoms with Crippen LogP contribution in [0.4, 0.5) is 5.69 Å². The Morgan fingerprint density at radius 3 is 2.12 bits per heavy atom. The lowest BCUT2D eigenvalue weighted by molar-refractivity contribution is -0.140. The highest BCUT2D eigenvalue weighted by Crippen LogP contribution is 2.17. The number of carbonyl (C=O) groups excluding carboxylic acids is 2. The average Bonchev–Trinajstić information content (AvgIpc) is 2.59. The van der Waals surface area contributed by atoms with Crippen molar-refractivity contribution in [1.29, 1.82) is 0 Å². The number of nitrogens with one attached hydrogen (secondary N) is 2. The van der Waals surface area contributed by atoms with E-state index in [2.05, 4.69) is 10.6 Å². The second kappa shape index (κ2) is 8.29. The fourth-order valence-electron chi connectivity index (χ4n) is 2.42. The molecular formula is C20H22N2O4. The lowest BCUT2D eigenvalue weighted by atomic mass is 10.0. The number of hydrogen-bond donors (Lipinski definition) is 3. The van der Waals surface area contributed by atoms with E-state index in [1.54, 1.807) is 50.2 Å². The molecule has 2 amide bonds. The summed E-state index contributed by atoms with van der Waals surface area (Å²) in [5.41, 5.74) is 2.04. The molecule has 0 unspecified atom stereocenters. The van der Waals surface area contributed by atoms with Gasteiger partial charge in [-0.2, -0.15) is 0 Å². The summed E-state index contributed by atoms with van der Waals surface area (Å²) in [6.07, 6.45) is 0. The highest BCUT2D eigenvalue weighted by Gasteiger charge is 2.25. The van der Waals surface area contributed by atoms with Gasteiger partial charge >= 0.3 is 5.97 Å². The van der Waals surface area contributed by atoms with Crippen molar-refractivity contribution < 1.29 is 19.5 Å². The van der Waals surface area contributed by atoms with Crippen molar-refractivity contribution in [2.24, 2.45) is 5.92 Å². The molecule has 2 aromatic rings. The first-order valence-corrected chi connectivity index (χ1v) is 8.30. The lowest BCUT2D eigenvalue weighted by Crippen LogP contribution is -2.44. The number of carbonyl (C=O) groups is 3. The molecule has 136 valence electrons. The van der Waals surface area contributed by atoms with E-state index in [1.807, 2.05) is 19.1 Å². The number of anilines is 1. The van der Waals surface area contributed by atoms with Gasteiger partial charge in [0.05, 0.1) is 11.3 Å². The first-order chi connectivity index (χ1) is 12.3. The number of hydrogen-bond acceptors (Lipinski definition) is 3. The van der Waals surface area contributed by atoms with E-state index >= 15 is 0 Å². The van der Waals surface area contributed by atoms with Crippen LogP contribution in [0.15, 0.2) is 48.5 Å². The van der Waals surface area contributed by atoms with Crippen LogP contribution in [0.2, 0.25) is 0 Å². The summed E-state index contributed by atoms with van der Waals surface area (Å²) in [6, 6.07) is 12.5. The minimum absolute atomic E-state index is 0.208. The van der Waals surface area contributed by atoms with Crippen molar-refractivity contribution in [1.82, 2.24) is 5.32 Å². The van der Waals surface area contributed by atoms with Crippen LogP contribution in [-0.4, -0.2) is 28.9 Å². The van der Waals surface area contributed by atoms with Gasteiger partial charge < -0.3 is 15.7 Å². The third-order valence-corrected chi connectivity index (χ3v) is 3.95. The minimum Gasteiger partial charge on any atom is -0.480 e. The number of amides is 2. The molecule has 0 spiro atoms. The Morgan fingerprint density at radius 2 is 1.54 bits per heavy atom. The number of aryl methyl sites for hydroxylation is 1. The third-order valence-electron chi connectivity index (χ3n) is 3.95. The van der Waals surface area contributed by atoms with Crippen molar-refractivity contribution >= 4 is 23.5 Å². The summed E-state index contributed by atoms with van der Waals surface area (Å²) < 4.78 is 0. The van der Waals surface area contributed by atoms with Crippen molar-refractivity contribution in [3.8, 4) is 0 Å². The molecular weight excluding hydrogens is 332 g/mol. The molecule has 2 aromatic carbocycles. The van der Waals surface area contributed by atoms with E-state index < -0.39 is 17.9 Å². The van der Waals surface area contributed by atoms with Gasteiger partial charge in [-0.3, -0.25) is 9.59 Å². The summed E-state index contributed by atoms with van der Waals surface area (Å²) in [5, 5.41) is 14.5. The standard InChI is InChI=1S/C20H22N2O4/c1-12(2)17(20(25)26)22-19(24)15-6-4-5-7-16(15)21-18(23)14-10-8-13(3)9-11-14/h4-12,17H,1-3H3,(H,21,23)(H,22,24)(H,25,26)/t17-/m0/s1. The molecule has 0 bridgehead atoms. The second-order valence-electron chi connectivity index (χ2n) is 6.40. The van der Waals surface area contributed by atoms with E-state index in [1.165, 1.54) is 0 Å². The molecule has 1 atom stereocenters. The maximum atomic E-state index is 12.5. The fourth-order valence-corrected chi connectivity index (χ4v) is 2.42. The summed E-state index contributed by atoms with van der Waals surface area (Å²) in [4.78, 5) is 36.2. The lowest BCUT2D eigenvalue weighted by Gasteiger charge is -2.19. The maximum Gasteiger partial charge on any atom is 0.326 e. The Labute approximate surface area is 152 Å². The van der Waals surface area contributed by atoms with Crippen LogP contribution >= 0.6 is 0 Å². The first kappa shape index (κ1) is 19.2. The van der Waals surface area contributed by atoms with E-state index in [0.717, 1.165) is 5.56 Å². The molecule has 0 heterocycles.